The summed E-state index contributed by atoms with van der Waals surface area (Å²) in [6, 6.07) is 0.350. The van der Waals surface area contributed by atoms with Crippen LogP contribution in [0.5, 0.6) is 0 Å². The lowest BCUT2D eigenvalue weighted by atomic mass is 10.3. The average Bonchev–Trinajstić information content (AvgIpc) is 2.38. The van der Waals surface area contributed by atoms with Crippen molar-refractivity contribution in [3.8, 4) is 0 Å². The zero-order chi connectivity index (χ0) is 13.0. The number of guanidine groups is 1. The molecule has 0 saturated carbocycles. The Morgan fingerprint density at radius 2 is 1.50 bits per heavy atom. The van der Waals surface area contributed by atoms with Gasteiger partial charge in [0.05, 0.1) is 13.2 Å². The maximum atomic E-state index is 5.44. The van der Waals surface area contributed by atoms with Gasteiger partial charge < -0.3 is 19.4 Å². The van der Waals surface area contributed by atoms with Gasteiger partial charge in [-0.25, -0.2) is 0 Å². The third kappa shape index (κ3) is 3.59. The van der Waals surface area contributed by atoms with Crippen LogP contribution in [0.2, 0.25) is 0 Å². The minimum absolute atomic E-state index is 0.350. The molecular weight excluding hydrogens is 228 g/mol. The first-order chi connectivity index (χ1) is 8.66. The molecule has 0 atom stereocenters. The molecule has 5 heteroatoms. The zero-order valence-electron chi connectivity index (χ0n) is 11.9. The molecule has 0 bridgehead atoms. The fourth-order valence-corrected chi connectivity index (χ4v) is 2.36. The second-order valence-electron chi connectivity index (χ2n) is 5.41. The lowest BCUT2D eigenvalue weighted by Gasteiger charge is -2.40. The van der Waals surface area contributed by atoms with Crippen LogP contribution < -0.4 is 0 Å². The van der Waals surface area contributed by atoms with Gasteiger partial charge in [-0.15, -0.1) is 0 Å². The van der Waals surface area contributed by atoms with Crippen LogP contribution in [0.25, 0.3) is 0 Å². The number of nitrogens with zero attached hydrogens (tertiary/aromatic N) is 4. The van der Waals surface area contributed by atoms with E-state index in [4.69, 9.17) is 9.73 Å². The van der Waals surface area contributed by atoms with Crippen LogP contribution in [0.4, 0.5) is 0 Å². The summed E-state index contributed by atoms with van der Waals surface area (Å²) < 4.78 is 5.44. The van der Waals surface area contributed by atoms with E-state index < -0.39 is 0 Å². The SMILES string of the molecule is CC(C)N=C(N1CCOCC1)N1CCN(C)CC1. The summed E-state index contributed by atoms with van der Waals surface area (Å²) >= 11 is 0. The van der Waals surface area contributed by atoms with E-state index in [0.29, 0.717) is 6.04 Å². The van der Waals surface area contributed by atoms with Gasteiger partial charge in [0.2, 0.25) is 0 Å². The minimum Gasteiger partial charge on any atom is -0.378 e. The number of morpholine rings is 1. The molecule has 2 heterocycles. The number of ether oxygens (including phenoxy) is 1. The van der Waals surface area contributed by atoms with Crippen molar-refractivity contribution in [2.45, 2.75) is 19.9 Å². The van der Waals surface area contributed by atoms with E-state index in [9.17, 15) is 0 Å². The molecule has 0 aromatic rings. The fourth-order valence-electron chi connectivity index (χ4n) is 2.36. The molecule has 18 heavy (non-hydrogen) atoms. The van der Waals surface area contributed by atoms with Gasteiger partial charge in [0.15, 0.2) is 5.96 Å². The molecule has 5 nitrogen and oxygen atoms in total. The van der Waals surface area contributed by atoms with E-state index in [-0.39, 0.29) is 0 Å². The molecule has 0 spiro atoms. The Morgan fingerprint density at radius 3 is 2.06 bits per heavy atom. The van der Waals surface area contributed by atoms with Crippen molar-refractivity contribution in [3.63, 3.8) is 0 Å². The molecule has 2 saturated heterocycles. The highest BCUT2D eigenvalue weighted by molar-refractivity contribution is 5.80. The van der Waals surface area contributed by atoms with Gasteiger partial charge in [-0.3, -0.25) is 4.99 Å². The lowest BCUT2D eigenvalue weighted by Crippen LogP contribution is -2.55. The number of aliphatic imine (C=N–C) groups is 1. The second kappa shape index (κ2) is 6.38. The predicted molar refractivity (Wildman–Crippen MR) is 74.0 cm³/mol. The Labute approximate surface area is 110 Å². The highest BCUT2D eigenvalue weighted by atomic mass is 16.5. The first-order valence-corrected chi connectivity index (χ1v) is 7.01. The monoisotopic (exact) mass is 254 g/mol. The molecule has 2 aliphatic rings. The summed E-state index contributed by atoms with van der Waals surface area (Å²) in [5, 5.41) is 0. The van der Waals surface area contributed by atoms with E-state index in [1.54, 1.807) is 0 Å². The smallest absolute Gasteiger partial charge is 0.197 e. The molecule has 2 rings (SSSR count). The number of piperazine rings is 1. The number of likely N-dealkylation sites (N-methyl/N-ethyl adjacent to an activating group) is 1. The van der Waals surface area contributed by atoms with Crippen molar-refractivity contribution in [1.29, 1.82) is 0 Å². The maximum absolute atomic E-state index is 5.44. The predicted octanol–water partition coefficient (Wildman–Crippen LogP) is 0.330. The summed E-state index contributed by atoms with van der Waals surface area (Å²) in [5.41, 5.74) is 0. The molecule has 0 aromatic heterocycles. The summed E-state index contributed by atoms with van der Waals surface area (Å²) in [6.45, 7) is 12.3. The van der Waals surface area contributed by atoms with Crippen molar-refractivity contribution >= 4 is 5.96 Å². The Bertz CT molecular complexity index is 279. The maximum Gasteiger partial charge on any atom is 0.197 e. The van der Waals surface area contributed by atoms with E-state index in [1.165, 1.54) is 5.96 Å². The van der Waals surface area contributed by atoms with Gasteiger partial charge in [-0.1, -0.05) is 0 Å². The van der Waals surface area contributed by atoms with Crippen molar-refractivity contribution in [2.75, 3.05) is 59.5 Å². The Balaban J connectivity index is 2.04. The molecule has 0 unspecified atom stereocenters. The van der Waals surface area contributed by atoms with E-state index in [1.807, 2.05) is 0 Å². The summed E-state index contributed by atoms with van der Waals surface area (Å²) in [7, 11) is 2.19. The molecular formula is C13H26N4O. The van der Waals surface area contributed by atoms with Crippen LogP contribution in [0, 0.1) is 0 Å². The first-order valence-electron chi connectivity index (χ1n) is 7.01. The Kier molecular flexibility index (Phi) is 4.83. The minimum atomic E-state index is 0.350. The number of hydrogen-bond donors (Lipinski definition) is 0. The Hall–Kier alpha value is -0.810. The van der Waals surface area contributed by atoms with E-state index in [2.05, 4.69) is 35.6 Å². The normalized spacial score (nSPS) is 23.9. The topological polar surface area (TPSA) is 31.3 Å². The summed E-state index contributed by atoms with van der Waals surface area (Å²) in [6.07, 6.45) is 0. The van der Waals surface area contributed by atoms with Crippen molar-refractivity contribution in [3.05, 3.63) is 0 Å². The molecule has 2 aliphatic heterocycles. The fraction of sp³-hybridized carbons (Fsp3) is 0.923. The van der Waals surface area contributed by atoms with E-state index in [0.717, 1.165) is 52.5 Å². The molecule has 0 radical (unpaired) electrons. The van der Waals surface area contributed by atoms with Crippen LogP contribution in [-0.4, -0.2) is 86.2 Å². The highest BCUT2D eigenvalue weighted by Gasteiger charge is 2.23. The second-order valence-corrected chi connectivity index (χ2v) is 5.41. The molecule has 0 aromatic carbocycles. The average molecular weight is 254 g/mol. The van der Waals surface area contributed by atoms with Crippen molar-refractivity contribution < 1.29 is 4.74 Å². The van der Waals surface area contributed by atoms with Gasteiger partial charge in [0.25, 0.3) is 0 Å². The number of rotatable bonds is 1. The van der Waals surface area contributed by atoms with E-state index >= 15 is 0 Å². The highest BCUT2D eigenvalue weighted by Crippen LogP contribution is 2.08. The molecule has 0 amide bonds. The first kappa shape index (κ1) is 13.6. The zero-order valence-corrected chi connectivity index (χ0v) is 11.9. The van der Waals surface area contributed by atoms with Gasteiger partial charge in [0.1, 0.15) is 0 Å². The van der Waals surface area contributed by atoms with Gasteiger partial charge >= 0.3 is 0 Å². The Morgan fingerprint density at radius 1 is 0.944 bits per heavy atom. The van der Waals surface area contributed by atoms with Crippen LogP contribution in [0.15, 0.2) is 4.99 Å². The van der Waals surface area contributed by atoms with Crippen molar-refractivity contribution in [1.82, 2.24) is 14.7 Å². The lowest BCUT2D eigenvalue weighted by molar-refractivity contribution is 0.0596. The largest absolute Gasteiger partial charge is 0.378 e. The van der Waals surface area contributed by atoms with Crippen LogP contribution in [-0.2, 0) is 4.74 Å². The summed E-state index contributed by atoms with van der Waals surface area (Å²) in [4.78, 5) is 12.0. The molecule has 104 valence electrons. The molecule has 0 aliphatic carbocycles. The molecule has 0 N–H and O–H groups in total. The van der Waals surface area contributed by atoms with Crippen LogP contribution in [0.3, 0.4) is 0 Å². The van der Waals surface area contributed by atoms with Gasteiger partial charge in [-0.2, -0.15) is 0 Å². The van der Waals surface area contributed by atoms with Crippen LogP contribution in [0.1, 0.15) is 13.8 Å². The quantitative estimate of drug-likeness (QED) is 0.498. The standard InChI is InChI=1S/C13H26N4O/c1-12(2)14-13(17-8-10-18-11-9-17)16-6-4-15(3)5-7-16/h12H,4-11H2,1-3H3. The van der Waals surface area contributed by atoms with Crippen molar-refractivity contribution in [2.24, 2.45) is 4.99 Å². The summed E-state index contributed by atoms with van der Waals surface area (Å²) in [5.74, 6) is 1.18. The number of hydrogen-bond acceptors (Lipinski definition) is 3. The van der Waals surface area contributed by atoms with Crippen LogP contribution >= 0.6 is 0 Å². The van der Waals surface area contributed by atoms with Gasteiger partial charge in [0, 0.05) is 45.3 Å². The third-order valence-corrected chi connectivity index (χ3v) is 3.45. The third-order valence-electron chi connectivity index (χ3n) is 3.45. The van der Waals surface area contributed by atoms with Gasteiger partial charge in [-0.05, 0) is 20.9 Å². The molecule has 2 fully saturated rings.